The molecule has 7 heteroatoms. The number of hydrogen-bond acceptors (Lipinski definition) is 4. The number of para-hydroxylation sites is 1. The lowest BCUT2D eigenvalue weighted by Crippen LogP contribution is -2.43. The van der Waals surface area contributed by atoms with Crippen LogP contribution in [0, 0.1) is 11.7 Å². The van der Waals surface area contributed by atoms with E-state index >= 15 is 0 Å². The molecule has 2 unspecified atom stereocenters. The highest BCUT2D eigenvalue weighted by atomic mass is 19.1. The van der Waals surface area contributed by atoms with Crippen LogP contribution in [0.2, 0.25) is 0 Å². The van der Waals surface area contributed by atoms with E-state index in [1.807, 2.05) is 0 Å². The van der Waals surface area contributed by atoms with E-state index in [0.717, 1.165) is 6.42 Å². The predicted octanol–water partition coefficient (Wildman–Crippen LogP) is 2.34. The fraction of sp³-hybridized carbons (Fsp3) is 0.500. The number of nitrogens with zero attached hydrogens (tertiary/aromatic N) is 1. The third-order valence-electron chi connectivity index (χ3n) is 4.20. The maximum atomic E-state index is 13.6. The van der Waals surface area contributed by atoms with Crippen LogP contribution < -0.4 is 5.32 Å². The van der Waals surface area contributed by atoms with E-state index in [-0.39, 0.29) is 11.6 Å². The van der Waals surface area contributed by atoms with Gasteiger partial charge in [0.05, 0.1) is 11.6 Å². The van der Waals surface area contributed by atoms with Crippen LogP contribution in [0.5, 0.6) is 0 Å². The Kier molecular flexibility index (Phi) is 6.50. The minimum absolute atomic E-state index is 0.00263. The van der Waals surface area contributed by atoms with Crippen LogP contribution in [0.15, 0.2) is 24.3 Å². The van der Waals surface area contributed by atoms with Crippen molar-refractivity contribution in [1.82, 2.24) is 4.90 Å². The molecule has 6 nitrogen and oxygen atoms in total. The monoisotopic (exact) mass is 350 g/mol. The first-order valence-corrected chi connectivity index (χ1v) is 8.46. The van der Waals surface area contributed by atoms with Crippen molar-refractivity contribution in [3.63, 3.8) is 0 Å². The number of ether oxygens (including phenoxy) is 1. The van der Waals surface area contributed by atoms with Gasteiger partial charge in [-0.25, -0.2) is 4.39 Å². The summed E-state index contributed by atoms with van der Waals surface area (Å²) in [6.07, 6.45) is 0.683. The van der Waals surface area contributed by atoms with Crippen LogP contribution in [-0.2, 0) is 19.1 Å². The number of likely N-dealkylation sites (tertiary alicyclic amines) is 1. The van der Waals surface area contributed by atoms with Gasteiger partial charge in [0.2, 0.25) is 5.91 Å². The Labute approximate surface area is 146 Å². The Balaban J connectivity index is 1.89. The summed E-state index contributed by atoms with van der Waals surface area (Å²) in [7, 11) is 0. The molecular weight excluding hydrogens is 327 g/mol. The Morgan fingerprint density at radius 3 is 2.76 bits per heavy atom. The molecule has 2 rings (SSSR count). The number of carbonyl (C=O) groups excluding carboxylic acids is 3. The Morgan fingerprint density at radius 1 is 1.36 bits per heavy atom. The summed E-state index contributed by atoms with van der Waals surface area (Å²) in [5, 5.41) is 2.40. The van der Waals surface area contributed by atoms with E-state index in [2.05, 4.69) is 5.32 Å². The van der Waals surface area contributed by atoms with Gasteiger partial charge in [-0.2, -0.15) is 0 Å². The quantitative estimate of drug-likeness (QED) is 0.827. The Hall–Kier alpha value is -2.44. The SMILES string of the molecule is CCC(=O)N1CCCC(C(=O)OC(C)C(=O)Nc2ccccc2F)C1. The summed E-state index contributed by atoms with van der Waals surface area (Å²) in [5.74, 6) is -2.10. The van der Waals surface area contributed by atoms with Crippen LogP contribution in [0.1, 0.15) is 33.1 Å². The summed E-state index contributed by atoms with van der Waals surface area (Å²) in [4.78, 5) is 37.8. The van der Waals surface area contributed by atoms with Gasteiger partial charge in [0.1, 0.15) is 5.82 Å². The second-order valence-electron chi connectivity index (χ2n) is 6.08. The molecule has 1 heterocycles. The second kappa shape index (κ2) is 8.60. The van der Waals surface area contributed by atoms with Crippen LogP contribution in [0.3, 0.4) is 0 Å². The maximum Gasteiger partial charge on any atom is 0.311 e. The summed E-state index contributed by atoms with van der Waals surface area (Å²) in [6, 6.07) is 5.77. The lowest BCUT2D eigenvalue weighted by atomic mass is 9.98. The molecule has 1 N–H and O–H groups in total. The maximum absolute atomic E-state index is 13.6. The van der Waals surface area contributed by atoms with Crippen molar-refractivity contribution in [1.29, 1.82) is 0 Å². The first kappa shape index (κ1) is 18.9. The molecule has 2 atom stereocenters. The average Bonchev–Trinajstić information content (AvgIpc) is 2.62. The molecule has 1 saturated heterocycles. The van der Waals surface area contributed by atoms with Gasteiger partial charge in [0.15, 0.2) is 6.10 Å². The van der Waals surface area contributed by atoms with E-state index in [1.165, 1.54) is 25.1 Å². The van der Waals surface area contributed by atoms with Crippen molar-refractivity contribution in [3.8, 4) is 0 Å². The molecule has 0 saturated carbocycles. The average molecular weight is 350 g/mol. The van der Waals surface area contributed by atoms with E-state index in [1.54, 1.807) is 17.9 Å². The van der Waals surface area contributed by atoms with Crippen LogP contribution >= 0.6 is 0 Å². The number of piperidine rings is 1. The lowest BCUT2D eigenvalue weighted by molar-refractivity contribution is -0.159. The largest absolute Gasteiger partial charge is 0.452 e. The van der Waals surface area contributed by atoms with Crippen molar-refractivity contribution in [2.75, 3.05) is 18.4 Å². The molecule has 136 valence electrons. The summed E-state index contributed by atoms with van der Waals surface area (Å²) < 4.78 is 18.8. The van der Waals surface area contributed by atoms with E-state index in [4.69, 9.17) is 4.74 Å². The minimum atomic E-state index is -1.05. The molecule has 0 aromatic heterocycles. The third-order valence-corrected chi connectivity index (χ3v) is 4.20. The molecule has 0 aliphatic carbocycles. The smallest absolute Gasteiger partial charge is 0.311 e. The van der Waals surface area contributed by atoms with E-state index < -0.39 is 29.7 Å². The van der Waals surface area contributed by atoms with Gasteiger partial charge in [-0.15, -0.1) is 0 Å². The lowest BCUT2D eigenvalue weighted by Gasteiger charge is -2.31. The molecule has 0 bridgehead atoms. The first-order valence-electron chi connectivity index (χ1n) is 8.46. The second-order valence-corrected chi connectivity index (χ2v) is 6.08. The minimum Gasteiger partial charge on any atom is -0.452 e. The van der Waals surface area contributed by atoms with Gasteiger partial charge in [0, 0.05) is 19.5 Å². The molecule has 0 radical (unpaired) electrons. The van der Waals surface area contributed by atoms with Gasteiger partial charge < -0.3 is 15.0 Å². The number of nitrogens with one attached hydrogen (secondary N) is 1. The van der Waals surface area contributed by atoms with Gasteiger partial charge in [-0.3, -0.25) is 14.4 Å². The molecule has 1 aromatic carbocycles. The highest BCUT2D eigenvalue weighted by Crippen LogP contribution is 2.20. The summed E-state index contributed by atoms with van der Waals surface area (Å²) in [5.41, 5.74) is 0.0350. The predicted molar refractivity (Wildman–Crippen MR) is 90.2 cm³/mol. The molecule has 1 aliphatic rings. The summed E-state index contributed by atoms with van der Waals surface area (Å²) in [6.45, 7) is 4.16. The number of carbonyl (C=O) groups is 3. The number of amides is 2. The fourth-order valence-electron chi connectivity index (χ4n) is 2.74. The summed E-state index contributed by atoms with van der Waals surface area (Å²) >= 11 is 0. The molecule has 0 spiro atoms. The standard InChI is InChI=1S/C18H23FN2O4/c1-3-16(22)21-10-6-7-13(11-21)18(24)25-12(2)17(23)20-15-9-5-4-8-14(15)19/h4-5,8-9,12-13H,3,6-7,10-11H2,1-2H3,(H,20,23). The zero-order chi connectivity index (χ0) is 18.4. The first-order chi connectivity index (χ1) is 11.9. The van der Waals surface area contributed by atoms with Gasteiger partial charge in [0.25, 0.3) is 5.91 Å². The fourth-order valence-corrected chi connectivity index (χ4v) is 2.74. The Morgan fingerprint density at radius 2 is 2.08 bits per heavy atom. The number of esters is 1. The highest BCUT2D eigenvalue weighted by molar-refractivity contribution is 5.95. The van der Waals surface area contributed by atoms with Crippen LogP contribution in [0.25, 0.3) is 0 Å². The Bertz CT molecular complexity index is 650. The molecule has 1 aliphatic heterocycles. The van der Waals surface area contributed by atoms with Gasteiger partial charge in [-0.05, 0) is 31.9 Å². The number of rotatable bonds is 5. The number of benzene rings is 1. The molecule has 2 amide bonds. The van der Waals surface area contributed by atoms with Crippen molar-refractivity contribution >= 4 is 23.5 Å². The van der Waals surface area contributed by atoms with Crippen molar-refractivity contribution in [3.05, 3.63) is 30.1 Å². The molecule has 1 aromatic rings. The van der Waals surface area contributed by atoms with E-state index in [0.29, 0.717) is 25.9 Å². The molecule has 1 fully saturated rings. The van der Waals surface area contributed by atoms with Gasteiger partial charge >= 0.3 is 5.97 Å². The van der Waals surface area contributed by atoms with Gasteiger partial charge in [-0.1, -0.05) is 19.1 Å². The zero-order valence-electron chi connectivity index (χ0n) is 14.5. The van der Waals surface area contributed by atoms with Crippen molar-refractivity contribution in [2.24, 2.45) is 5.92 Å². The normalized spacial score (nSPS) is 18.4. The third kappa shape index (κ3) is 5.01. The number of halogens is 1. The van der Waals surface area contributed by atoms with Crippen LogP contribution in [0.4, 0.5) is 10.1 Å². The molecule has 25 heavy (non-hydrogen) atoms. The van der Waals surface area contributed by atoms with Crippen LogP contribution in [-0.4, -0.2) is 41.9 Å². The highest BCUT2D eigenvalue weighted by Gasteiger charge is 2.31. The number of anilines is 1. The van der Waals surface area contributed by atoms with Crippen molar-refractivity contribution in [2.45, 2.75) is 39.2 Å². The number of hydrogen-bond donors (Lipinski definition) is 1. The van der Waals surface area contributed by atoms with Crippen molar-refractivity contribution < 1.29 is 23.5 Å². The zero-order valence-corrected chi connectivity index (χ0v) is 14.5. The molecular formula is C18H23FN2O4. The van der Waals surface area contributed by atoms with E-state index in [9.17, 15) is 18.8 Å². The topological polar surface area (TPSA) is 75.7 Å².